The van der Waals surface area contributed by atoms with Crippen molar-refractivity contribution in [3.63, 3.8) is 0 Å². The zero-order valence-electron chi connectivity index (χ0n) is 20.1. The molecular weight excluding hydrogens is 496 g/mol. The summed E-state index contributed by atoms with van der Waals surface area (Å²) in [6.07, 6.45) is 3.13. The fraction of sp³-hybridized carbons (Fsp3) is 0.269. The molecule has 1 atom stereocenters. The van der Waals surface area contributed by atoms with Crippen LogP contribution in [0.4, 0.5) is 5.69 Å². The Bertz CT molecular complexity index is 1510. The summed E-state index contributed by atoms with van der Waals surface area (Å²) in [5, 5.41) is 8.20. The lowest BCUT2D eigenvalue weighted by molar-refractivity contribution is -0.126. The number of aromatic nitrogens is 4. The van der Waals surface area contributed by atoms with Crippen LogP contribution in [0.15, 0.2) is 65.8 Å². The van der Waals surface area contributed by atoms with Gasteiger partial charge in [-0.05, 0) is 29.8 Å². The highest BCUT2D eigenvalue weighted by atomic mass is 35.5. The molecule has 0 spiro atoms. The number of nitrogens with one attached hydrogen (secondary N) is 1. The van der Waals surface area contributed by atoms with Gasteiger partial charge < -0.3 is 15.0 Å². The normalized spacial score (nSPS) is 15.4. The molecule has 1 fully saturated rings. The summed E-state index contributed by atoms with van der Waals surface area (Å²) < 4.78 is 8.34. The minimum Gasteiger partial charge on any atom is -0.497 e. The highest BCUT2D eigenvalue weighted by molar-refractivity contribution is 6.30. The molecule has 1 N–H and O–H groups in total. The second-order valence-corrected chi connectivity index (χ2v) is 9.24. The molecule has 1 unspecified atom stereocenters. The summed E-state index contributed by atoms with van der Waals surface area (Å²) in [6.45, 7) is 1.29. The Morgan fingerprint density at radius 1 is 1.19 bits per heavy atom. The van der Waals surface area contributed by atoms with Gasteiger partial charge in [-0.3, -0.25) is 19.0 Å². The maximum absolute atomic E-state index is 12.9. The monoisotopic (exact) mass is 520 g/mol. The van der Waals surface area contributed by atoms with Crippen molar-refractivity contribution in [1.29, 1.82) is 0 Å². The van der Waals surface area contributed by atoms with Crippen molar-refractivity contribution >= 4 is 40.1 Å². The number of benzene rings is 2. The smallest absolute Gasteiger partial charge is 0.264 e. The minimum absolute atomic E-state index is 0.106. The van der Waals surface area contributed by atoms with Crippen molar-refractivity contribution in [2.45, 2.75) is 19.5 Å². The molecule has 1 aliphatic heterocycles. The van der Waals surface area contributed by atoms with Crippen LogP contribution in [0.2, 0.25) is 5.02 Å². The molecule has 10 nitrogen and oxygen atoms in total. The van der Waals surface area contributed by atoms with E-state index in [1.54, 1.807) is 41.0 Å². The lowest BCUT2D eigenvalue weighted by Crippen LogP contribution is -2.35. The van der Waals surface area contributed by atoms with Gasteiger partial charge in [-0.15, -0.1) is 0 Å². The van der Waals surface area contributed by atoms with Crippen LogP contribution in [0.3, 0.4) is 0 Å². The van der Waals surface area contributed by atoms with Gasteiger partial charge >= 0.3 is 0 Å². The largest absolute Gasteiger partial charge is 0.497 e. The third kappa shape index (κ3) is 5.19. The molecule has 190 valence electrons. The van der Waals surface area contributed by atoms with Crippen molar-refractivity contribution in [1.82, 2.24) is 24.6 Å². The second-order valence-electron chi connectivity index (χ2n) is 8.81. The zero-order valence-corrected chi connectivity index (χ0v) is 20.9. The average Bonchev–Trinajstić information content (AvgIpc) is 3.51. The van der Waals surface area contributed by atoms with Gasteiger partial charge in [0, 0.05) is 36.3 Å². The fourth-order valence-corrected chi connectivity index (χ4v) is 4.53. The molecule has 0 bridgehead atoms. The maximum atomic E-state index is 12.9. The number of hydrogen-bond donors (Lipinski definition) is 1. The van der Waals surface area contributed by atoms with E-state index in [4.69, 9.17) is 16.3 Å². The van der Waals surface area contributed by atoms with Crippen LogP contribution in [-0.2, 0) is 22.7 Å². The predicted molar refractivity (Wildman–Crippen MR) is 139 cm³/mol. The molecule has 1 saturated heterocycles. The van der Waals surface area contributed by atoms with Gasteiger partial charge in [0.25, 0.3) is 5.56 Å². The SMILES string of the molecule is COc1cccc(N2CC(C(=O)NCCn3ncc4c(=O)n(Cc5ccc(Cl)cc5)cnc43)CC2=O)c1. The highest BCUT2D eigenvalue weighted by Gasteiger charge is 2.35. The fourth-order valence-electron chi connectivity index (χ4n) is 4.40. The van der Waals surface area contributed by atoms with Crippen LogP contribution in [-0.4, -0.2) is 51.3 Å². The third-order valence-electron chi connectivity index (χ3n) is 6.37. The Hall–Kier alpha value is -4.18. The van der Waals surface area contributed by atoms with E-state index in [2.05, 4.69) is 15.4 Å². The number of halogens is 1. The Labute approximate surface area is 217 Å². The summed E-state index contributed by atoms with van der Waals surface area (Å²) in [7, 11) is 1.57. The Kier molecular flexibility index (Phi) is 6.91. The summed E-state index contributed by atoms with van der Waals surface area (Å²) in [4.78, 5) is 44.2. The van der Waals surface area contributed by atoms with E-state index in [1.165, 1.54) is 17.1 Å². The van der Waals surface area contributed by atoms with Gasteiger partial charge in [-0.25, -0.2) is 9.67 Å². The second kappa shape index (κ2) is 10.4. The quantitative estimate of drug-likeness (QED) is 0.382. The van der Waals surface area contributed by atoms with Gasteiger partial charge in [-0.2, -0.15) is 5.10 Å². The van der Waals surface area contributed by atoms with Crippen LogP contribution >= 0.6 is 11.6 Å². The molecule has 0 radical (unpaired) electrons. The lowest BCUT2D eigenvalue weighted by atomic mass is 10.1. The minimum atomic E-state index is -0.453. The zero-order chi connectivity index (χ0) is 25.9. The van der Waals surface area contributed by atoms with Crippen LogP contribution in [0.1, 0.15) is 12.0 Å². The van der Waals surface area contributed by atoms with Crippen LogP contribution < -0.4 is 20.5 Å². The Balaban J connectivity index is 1.19. The van der Waals surface area contributed by atoms with Crippen molar-refractivity contribution < 1.29 is 14.3 Å². The molecule has 37 heavy (non-hydrogen) atoms. The molecule has 3 heterocycles. The first-order valence-electron chi connectivity index (χ1n) is 11.8. The molecule has 4 aromatic rings. The van der Waals surface area contributed by atoms with Gasteiger partial charge in [-0.1, -0.05) is 29.8 Å². The Morgan fingerprint density at radius 3 is 2.78 bits per heavy atom. The Morgan fingerprint density at radius 2 is 2.00 bits per heavy atom. The lowest BCUT2D eigenvalue weighted by Gasteiger charge is -2.17. The number of amides is 2. The van der Waals surface area contributed by atoms with Crippen LogP contribution in [0, 0.1) is 5.92 Å². The van der Waals surface area contributed by atoms with E-state index in [9.17, 15) is 14.4 Å². The molecule has 2 aromatic carbocycles. The number of nitrogens with zero attached hydrogens (tertiary/aromatic N) is 5. The number of carbonyl (C=O) groups is 2. The van der Waals surface area contributed by atoms with Gasteiger partial charge in [0.15, 0.2) is 5.65 Å². The highest BCUT2D eigenvalue weighted by Crippen LogP contribution is 2.28. The molecule has 2 amide bonds. The average molecular weight is 521 g/mol. The van der Waals surface area contributed by atoms with Crippen molar-refractivity contribution in [3.05, 3.63) is 82.0 Å². The maximum Gasteiger partial charge on any atom is 0.264 e. The molecule has 2 aromatic heterocycles. The van der Waals surface area contributed by atoms with E-state index in [1.807, 2.05) is 24.3 Å². The van der Waals surface area contributed by atoms with Crippen LogP contribution in [0.25, 0.3) is 11.0 Å². The summed E-state index contributed by atoms with van der Waals surface area (Å²) >= 11 is 5.93. The number of methoxy groups -OCH3 is 1. The molecule has 5 rings (SSSR count). The van der Waals surface area contributed by atoms with E-state index < -0.39 is 5.92 Å². The predicted octanol–water partition coefficient (Wildman–Crippen LogP) is 2.47. The van der Waals surface area contributed by atoms with E-state index in [0.29, 0.717) is 47.1 Å². The summed E-state index contributed by atoms with van der Waals surface area (Å²) in [5.41, 5.74) is 1.89. The number of hydrogen-bond acceptors (Lipinski definition) is 6. The van der Waals surface area contributed by atoms with Crippen molar-refractivity contribution in [3.8, 4) is 5.75 Å². The standard InChI is InChI=1S/C26H25ClN6O4/c1-37-21-4-2-3-20(12-21)32-15-18(11-23(32)34)25(35)28-9-10-33-24-22(13-30-33)26(36)31(16-29-24)14-17-5-7-19(27)8-6-17/h2-8,12-13,16,18H,9-11,14-15H2,1H3,(H,28,35). The number of carbonyl (C=O) groups excluding carboxylic acids is 2. The summed E-state index contributed by atoms with van der Waals surface area (Å²) in [5.74, 6) is -0.111. The molecule has 11 heteroatoms. The van der Waals surface area contributed by atoms with E-state index in [-0.39, 0.29) is 30.3 Å². The molecule has 1 aliphatic rings. The number of anilines is 1. The molecular formula is C26H25ClN6O4. The number of rotatable bonds is 8. The first kappa shape index (κ1) is 24.5. The van der Waals surface area contributed by atoms with Crippen molar-refractivity contribution in [2.24, 2.45) is 5.92 Å². The van der Waals surface area contributed by atoms with E-state index in [0.717, 1.165) is 5.56 Å². The van der Waals surface area contributed by atoms with Gasteiger partial charge in [0.2, 0.25) is 11.8 Å². The molecule has 0 aliphatic carbocycles. The number of ether oxygens (including phenoxy) is 1. The van der Waals surface area contributed by atoms with Gasteiger partial charge in [0.1, 0.15) is 17.5 Å². The van der Waals surface area contributed by atoms with Crippen LogP contribution in [0.5, 0.6) is 5.75 Å². The van der Waals surface area contributed by atoms with E-state index >= 15 is 0 Å². The van der Waals surface area contributed by atoms with Crippen molar-refractivity contribution in [2.75, 3.05) is 25.1 Å². The summed E-state index contributed by atoms with van der Waals surface area (Å²) in [6, 6.07) is 14.5. The third-order valence-corrected chi connectivity index (χ3v) is 6.62. The number of fused-ring (bicyclic) bond motifs is 1. The van der Waals surface area contributed by atoms with Gasteiger partial charge in [0.05, 0.1) is 32.3 Å². The molecule has 0 saturated carbocycles. The topological polar surface area (TPSA) is 111 Å². The first-order chi connectivity index (χ1) is 17.9. The first-order valence-corrected chi connectivity index (χ1v) is 12.2.